The topological polar surface area (TPSA) is 56.1 Å². The first-order valence-corrected chi connectivity index (χ1v) is 12.3. The number of carbonyl (C=O) groups is 1. The van der Waals surface area contributed by atoms with Crippen LogP contribution in [0.3, 0.4) is 0 Å². The van der Waals surface area contributed by atoms with Gasteiger partial charge in [-0.1, -0.05) is 23.2 Å². The predicted molar refractivity (Wildman–Crippen MR) is 133 cm³/mol. The molecule has 2 aromatic carbocycles. The van der Waals surface area contributed by atoms with Crippen molar-refractivity contribution in [3.63, 3.8) is 0 Å². The highest BCUT2D eigenvalue weighted by atomic mass is 35.5. The number of rotatable bonds is 8. The summed E-state index contributed by atoms with van der Waals surface area (Å²) in [4.78, 5) is 19.6. The van der Waals surface area contributed by atoms with Crippen LogP contribution in [0.15, 0.2) is 46.8 Å². The smallest absolute Gasteiger partial charge is 0.222 e. The fraction of sp³-hybridized carbons (Fsp3) is 0.333. The Bertz CT molecular complexity index is 1220. The van der Waals surface area contributed by atoms with E-state index in [1.54, 1.807) is 26.4 Å². The van der Waals surface area contributed by atoms with Crippen LogP contribution in [-0.4, -0.2) is 42.7 Å². The van der Waals surface area contributed by atoms with Crippen molar-refractivity contribution in [1.29, 1.82) is 0 Å². The third-order valence-electron chi connectivity index (χ3n) is 5.59. The van der Waals surface area contributed by atoms with Gasteiger partial charge in [-0.05, 0) is 49.2 Å². The molecule has 1 aromatic heterocycles. The third-order valence-corrected chi connectivity index (χ3v) is 6.99. The van der Waals surface area contributed by atoms with Crippen molar-refractivity contribution in [2.24, 2.45) is 4.99 Å². The molecule has 0 saturated carbocycles. The summed E-state index contributed by atoms with van der Waals surface area (Å²) in [6, 6.07) is 11.0. The van der Waals surface area contributed by atoms with E-state index in [2.05, 4.69) is 9.95 Å². The van der Waals surface area contributed by atoms with Crippen LogP contribution in [0.4, 0.5) is 5.69 Å². The number of amides is 1. The van der Waals surface area contributed by atoms with Gasteiger partial charge in [-0.25, -0.2) is 4.99 Å². The summed E-state index contributed by atoms with van der Waals surface area (Å²) < 4.78 is 13.2. The van der Waals surface area contributed by atoms with Crippen molar-refractivity contribution in [2.45, 2.75) is 25.8 Å². The molecule has 0 radical (unpaired) electrons. The fourth-order valence-electron chi connectivity index (χ4n) is 3.90. The number of hydrogen-bond acceptors (Lipinski definition) is 5. The van der Waals surface area contributed by atoms with Gasteiger partial charge in [0.15, 0.2) is 4.80 Å². The minimum atomic E-state index is 0.234. The first kappa shape index (κ1) is 23.7. The van der Waals surface area contributed by atoms with Crippen molar-refractivity contribution in [3.05, 3.63) is 56.6 Å². The number of thiazole rings is 1. The number of likely N-dealkylation sites (tertiary alicyclic amines) is 1. The van der Waals surface area contributed by atoms with Crippen LogP contribution in [0.1, 0.15) is 19.3 Å². The van der Waals surface area contributed by atoms with Gasteiger partial charge in [0.2, 0.25) is 5.91 Å². The number of halogens is 2. The third kappa shape index (κ3) is 5.37. The molecule has 33 heavy (non-hydrogen) atoms. The molecule has 9 heteroatoms. The van der Waals surface area contributed by atoms with Crippen molar-refractivity contribution in [1.82, 2.24) is 9.47 Å². The lowest BCUT2D eigenvalue weighted by Gasteiger charge is -2.17. The maximum atomic E-state index is 12.0. The van der Waals surface area contributed by atoms with E-state index < -0.39 is 0 Å². The molecule has 0 spiro atoms. The van der Waals surface area contributed by atoms with Gasteiger partial charge in [0.1, 0.15) is 11.5 Å². The molecule has 174 valence electrons. The number of aromatic nitrogens is 1. The highest BCUT2D eigenvalue weighted by Gasteiger charge is 2.20. The molecule has 0 unspecified atom stereocenters. The minimum absolute atomic E-state index is 0.234. The van der Waals surface area contributed by atoms with E-state index in [1.165, 1.54) is 11.3 Å². The van der Waals surface area contributed by atoms with Gasteiger partial charge >= 0.3 is 0 Å². The van der Waals surface area contributed by atoms with E-state index in [4.69, 9.17) is 37.7 Å². The van der Waals surface area contributed by atoms with E-state index in [0.717, 1.165) is 53.5 Å². The van der Waals surface area contributed by atoms with Gasteiger partial charge < -0.3 is 18.9 Å². The zero-order valence-corrected chi connectivity index (χ0v) is 20.8. The largest absolute Gasteiger partial charge is 0.497 e. The monoisotopic (exact) mass is 505 g/mol. The molecule has 0 N–H and O–H groups in total. The van der Waals surface area contributed by atoms with E-state index >= 15 is 0 Å². The molecule has 3 aromatic rings. The number of ether oxygens (including phenoxy) is 2. The minimum Gasteiger partial charge on any atom is -0.497 e. The Kier molecular flexibility index (Phi) is 7.63. The maximum absolute atomic E-state index is 12.0. The van der Waals surface area contributed by atoms with Gasteiger partial charge in [-0.15, -0.1) is 11.3 Å². The summed E-state index contributed by atoms with van der Waals surface area (Å²) in [6.45, 7) is 2.24. The summed E-state index contributed by atoms with van der Waals surface area (Å²) in [7, 11) is 3.30. The van der Waals surface area contributed by atoms with E-state index in [1.807, 2.05) is 29.2 Å². The van der Waals surface area contributed by atoms with Gasteiger partial charge in [0, 0.05) is 42.0 Å². The second-order valence-electron chi connectivity index (χ2n) is 7.67. The molecule has 1 aliphatic heterocycles. The molecule has 4 rings (SSSR count). The average molecular weight is 506 g/mol. The lowest BCUT2D eigenvalue weighted by molar-refractivity contribution is -0.127. The molecule has 0 bridgehead atoms. The molecule has 6 nitrogen and oxygen atoms in total. The molecule has 2 heterocycles. The molecule has 0 aliphatic carbocycles. The van der Waals surface area contributed by atoms with Crippen LogP contribution in [0.25, 0.3) is 11.3 Å². The number of benzene rings is 2. The molecule has 1 aliphatic rings. The summed E-state index contributed by atoms with van der Waals surface area (Å²) in [5.41, 5.74) is 2.52. The molecular weight excluding hydrogens is 481 g/mol. The fourth-order valence-corrected chi connectivity index (χ4v) is 5.29. The van der Waals surface area contributed by atoms with Crippen molar-refractivity contribution in [2.75, 3.05) is 27.3 Å². The predicted octanol–water partition coefficient (Wildman–Crippen LogP) is 5.79. The van der Waals surface area contributed by atoms with E-state index in [-0.39, 0.29) is 5.91 Å². The molecular formula is C24H25Cl2N3O3S. The Labute approximate surface area is 207 Å². The van der Waals surface area contributed by atoms with Gasteiger partial charge in [0.05, 0.1) is 30.6 Å². The van der Waals surface area contributed by atoms with Crippen LogP contribution in [0.2, 0.25) is 10.0 Å². The molecule has 1 saturated heterocycles. The van der Waals surface area contributed by atoms with E-state index in [9.17, 15) is 4.79 Å². The van der Waals surface area contributed by atoms with Crippen molar-refractivity contribution in [3.8, 4) is 22.8 Å². The maximum Gasteiger partial charge on any atom is 0.222 e. The summed E-state index contributed by atoms with van der Waals surface area (Å²) in [5, 5.41) is 3.11. The first-order valence-electron chi connectivity index (χ1n) is 10.7. The Hall–Kier alpha value is -2.48. The number of hydrogen-bond donors (Lipinski definition) is 0. The number of methoxy groups -OCH3 is 2. The second kappa shape index (κ2) is 10.6. The summed E-state index contributed by atoms with van der Waals surface area (Å²) in [6.07, 6.45) is 2.39. The van der Waals surface area contributed by atoms with Crippen LogP contribution in [0.5, 0.6) is 11.5 Å². The standard InChI is InChI=1S/C24H25Cl2N3O3S/c1-31-17-7-9-22(32-2)18(14-17)21-15-33-24(27-20-8-6-16(25)13-19(20)26)29(21)12-4-11-28-10-3-5-23(28)30/h6-9,13-15H,3-5,10-12H2,1-2H3. The normalized spacial score (nSPS) is 14.2. The number of nitrogens with zero attached hydrogens (tertiary/aromatic N) is 3. The quantitative estimate of drug-likeness (QED) is 0.389. The highest BCUT2D eigenvalue weighted by molar-refractivity contribution is 7.07. The second-order valence-corrected chi connectivity index (χ2v) is 9.35. The zero-order valence-electron chi connectivity index (χ0n) is 18.5. The molecule has 1 fully saturated rings. The lowest BCUT2D eigenvalue weighted by Crippen LogP contribution is -2.27. The van der Waals surface area contributed by atoms with Crippen LogP contribution >= 0.6 is 34.5 Å². The van der Waals surface area contributed by atoms with Gasteiger partial charge in [-0.2, -0.15) is 0 Å². The van der Waals surface area contributed by atoms with Crippen LogP contribution in [-0.2, 0) is 11.3 Å². The summed E-state index contributed by atoms with van der Waals surface area (Å²) >= 11 is 14.0. The highest BCUT2D eigenvalue weighted by Crippen LogP contribution is 2.34. The molecule has 1 amide bonds. The van der Waals surface area contributed by atoms with Gasteiger partial charge in [-0.3, -0.25) is 4.79 Å². The SMILES string of the molecule is COc1ccc(OC)c(-c2csc(=Nc3ccc(Cl)cc3Cl)n2CCCN2CCCC2=O)c1. The first-order chi connectivity index (χ1) is 16.0. The van der Waals surface area contributed by atoms with E-state index in [0.29, 0.717) is 28.7 Å². The lowest BCUT2D eigenvalue weighted by atomic mass is 10.1. The number of carbonyl (C=O) groups excluding carboxylic acids is 1. The zero-order chi connectivity index (χ0) is 23.4. The Morgan fingerprint density at radius 2 is 1.94 bits per heavy atom. The Balaban J connectivity index is 1.75. The Morgan fingerprint density at radius 1 is 1.09 bits per heavy atom. The van der Waals surface area contributed by atoms with Crippen LogP contribution < -0.4 is 14.3 Å². The Morgan fingerprint density at radius 3 is 2.64 bits per heavy atom. The summed E-state index contributed by atoms with van der Waals surface area (Å²) in [5.74, 6) is 1.72. The van der Waals surface area contributed by atoms with Crippen LogP contribution in [0, 0.1) is 0 Å². The van der Waals surface area contributed by atoms with Crippen molar-refractivity contribution < 1.29 is 14.3 Å². The van der Waals surface area contributed by atoms with Gasteiger partial charge in [0.25, 0.3) is 0 Å². The van der Waals surface area contributed by atoms with Crippen molar-refractivity contribution >= 4 is 46.1 Å². The molecule has 0 atom stereocenters. The average Bonchev–Trinajstić information content (AvgIpc) is 3.41.